The van der Waals surface area contributed by atoms with E-state index < -0.39 is 0 Å². The van der Waals surface area contributed by atoms with Crippen LogP contribution in [0.4, 0.5) is 16.2 Å². The second-order valence-corrected chi connectivity index (χ2v) is 9.67. The third kappa shape index (κ3) is 3.58. The van der Waals surface area contributed by atoms with Crippen molar-refractivity contribution < 1.29 is 14.3 Å². The van der Waals surface area contributed by atoms with Crippen molar-refractivity contribution in [2.45, 2.75) is 63.3 Å². The van der Waals surface area contributed by atoms with E-state index in [-0.39, 0.29) is 17.5 Å². The number of nitrogens with one attached hydrogen (secondary N) is 2. The van der Waals surface area contributed by atoms with Gasteiger partial charge in [-0.2, -0.15) is 0 Å². The van der Waals surface area contributed by atoms with Gasteiger partial charge in [0.15, 0.2) is 0 Å². The number of carbonyl (C=O) groups is 2. The summed E-state index contributed by atoms with van der Waals surface area (Å²) in [4.78, 5) is 26.9. The molecule has 1 heterocycles. The van der Waals surface area contributed by atoms with Crippen molar-refractivity contribution in [1.29, 1.82) is 0 Å². The van der Waals surface area contributed by atoms with Crippen LogP contribution in [0.1, 0.15) is 57.8 Å². The minimum absolute atomic E-state index is 0.0108. The second kappa shape index (κ2) is 7.22. The van der Waals surface area contributed by atoms with Gasteiger partial charge in [-0.25, -0.2) is 4.79 Å². The lowest BCUT2D eigenvalue weighted by atomic mass is 9.53. The summed E-state index contributed by atoms with van der Waals surface area (Å²) in [6, 6.07) is 5.42. The molecule has 5 aliphatic rings. The number of piperidine rings is 1. The van der Waals surface area contributed by atoms with E-state index >= 15 is 0 Å². The molecular formula is C23H31N3O3. The molecule has 1 aliphatic heterocycles. The zero-order chi connectivity index (χ0) is 20.0. The Balaban J connectivity index is 1.28. The van der Waals surface area contributed by atoms with Crippen LogP contribution in [0.15, 0.2) is 18.2 Å². The number of ether oxygens (including phenoxy) is 1. The smallest absolute Gasteiger partial charge is 0.319 e. The lowest BCUT2D eigenvalue weighted by molar-refractivity contribution is -0.119. The number of amides is 3. The molecule has 6 rings (SSSR count). The van der Waals surface area contributed by atoms with Crippen LogP contribution in [0.2, 0.25) is 0 Å². The maximum Gasteiger partial charge on any atom is 0.319 e. The van der Waals surface area contributed by atoms with Crippen LogP contribution >= 0.6 is 0 Å². The van der Waals surface area contributed by atoms with Gasteiger partial charge in [0.2, 0.25) is 5.91 Å². The van der Waals surface area contributed by atoms with Crippen molar-refractivity contribution in [3.63, 3.8) is 0 Å². The summed E-state index contributed by atoms with van der Waals surface area (Å²) in [5.41, 5.74) is 1.46. The first-order valence-electron chi connectivity index (χ1n) is 11.1. The third-order valence-corrected chi connectivity index (χ3v) is 7.47. The first-order valence-corrected chi connectivity index (χ1v) is 11.1. The van der Waals surface area contributed by atoms with Crippen LogP contribution in [0.3, 0.4) is 0 Å². The molecule has 0 atom stereocenters. The highest BCUT2D eigenvalue weighted by atomic mass is 16.5. The lowest BCUT2D eigenvalue weighted by Crippen LogP contribution is -2.60. The number of anilines is 2. The van der Waals surface area contributed by atoms with Crippen LogP contribution in [0, 0.1) is 17.8 Å². The number of carbonyl (C=O) groups excluding carboxylic acids is 2. The average molecular weight is 398 g/mol. The van der Waals surface area contributed by atoms with Crippen molar-refractivity contribution in [1.82, 2.24) is 5.32 Å². The molecule has 0 radical (unpaired) electrons. The molecule has 5 fully saturated rings. The molecule has 4 bridgehead atoms. The molecule has 156 valence electrons. The summed E-state index contributed by atoms with van der Waals surface area (Å²) in [5, 5.41) is 6.34. The Morgan fingerprint density at radius 3 is 2.41 bits per heavy atom. The summed E-state index contributed by atoms with van der Waals surface area (Å²) >= 11 is 0. The first-order chi connectivity index (χ1) is 14.0. The number of nitrogens with zero attached hydrogens (tertiary/aromatic N) is 1. The van der Waals surface area contributed by atoms with Gasteiger partial charge in [0.1, 0.15) is 5.75 Å². The molecule has 2 N–H and O–H groups in total. The topological polar surface area (TPSA) is 70.7 Å². The van der Waals surface area contributed by atoms with E-state index in [1.54, 1.807) is 12.0 Å². The van der Waals surface area contributed by atoms with E-state index in [2.05, 4.69) is 10.6 Å². The summed E-state index contributed by atoms with van der Waals surface area (Å²) in [7, 11) is 1.60. The minimum atomic E-state index is -0.129. The van der Waals surface area contributed by atoms with Crippen LogP contribution in [0.5, 0.6) is 5.75 Å². The fourth-order valence-electron chi connectivity index (χ4n) is 6.71. The number of hydrogen-bond donors (Lipinski definition) is 2. The Hall–Kier alpha value is -2.24. The molecule has 4 aliphatic carbocycles. The monoisotopic (exact) mass is 397 g/mol. The molecule has 1 aromatic carbocycles. The normalized spacial score (nSPS) is 32.9. The molecule has 3 amide bonds. The molecule has 0 unspecified atom stereocenters. The fourth-order valence-corrected chi connectivity index (χ4v) is 6.71. The van der Waals surface area contributed by atoms with Gasteiger partial charge in [-0.1, -0.05) is 0 Å². The molecule has 0 spiro atoms. The van der Waals surface area contributed by atoms with Crippen molar-refractivity contribution in [3.8, 4) is 5.75 Å². The van der Waals surface area contributed by atoms with Gasteiger partial charge in [-0.05, 0) is 81.3 Å². The zero-order valence-electron chi connectivity index (χ0n) is 17.2. The Bertz CT molecular complexity index is 786. The molecular weight excluding hydrogens is 366 g/mol. The van der Waals surface area contributed by atoms with E-state index in [1.165, 1.54) is 19.3 Å². The average Bonchev–Trinajstić information content (AvgIpc) is 2.67. The Morgan fingerprint density at radius 2 is 1.79 bits per heavy atom. The van der Waals surface area contributed by atoms with E-state index in [9.17, 15) is 9.59 Å². The highest BCUT2D eigenvalue weighted by Crippen LogP contribution is 2.55. The summed E-state index contributed by atoms with van der Waals surface area (Å²) in [6.45, 7) is 0.717. The van der Waals surface area contributed by atoms with Gasteiger partial charge in [0.25, 0.3) is 0 Å². The Kier molecular flexibility index (Phi) is 4.67. The third-order valence-electron chi connectivity index (χ3n) is 7.47. The maximum absolute atomic E-state index is 12.8. The van der Waals surface area contributed by atoms with E-state index in [4.69, 9.17) is 4.74 Å². The number of urea groups is 1. The second-order valence-electron chi connectivity index (χ2n) is 9.67. The van der Waals surface area contributed by atoms with Crippen molar-refractivity contribution in [2.75, 3.05) is 23.9 Å². The van der Waals surface area contributed by atoms with Gasteiger partial charge in [-0.15, -0.1) is 0 Å². The molecule has 1 saturated heterocycles. The molecule has 0 aromatic heterocycles. The minimum Gasteiger partial charge on any atom is -0.494 e. The largest absolute Gasteiger partial charge is 0.494 e. The Morgan fingerprint density at radius 1 is 1.10 bits per heavy atom. The number of methoxy groups -OCH3 is 1. The van der Waals surface area contributed by atoms with E-state index in [1.807, 2.05) is 18.2 Å². The summed E-state index contributed by atoms with van der Waals surface area (Å²) in [6.07, 6.45) is 9.99. The van der Waals surface area contributed by atoms with Crippen LogP contribution in [-0.2, 0) is 4.79 Å². The van der Waals surface area contributed by atoms with Gasteiger partial charge < -0.3 is 20.3 Å². The van der Waals surface area contributed by atoms with Gasteiger partial charge in [0.05, 0.1) is 12.8 Å². The molecule has 6 nitrogen and oxygen atoms in total. The molecule has 1 aromatic rings. The van der Waals surface area contributed by atoms with Crippen molar-refractivity contribution in [2.24, 2.45) is 17.8 Å². The molecule has 29 heavy (non-hydrogen) atoms. The van der Waals surface area contributed by atoms with Gasteiger partial charge in [-0.3, -0.25) is 4.79 Å². The highest BCUT2D eigenvalue weighted by Gasteiger charge is 2.51. The number of rotatable bonds is 4. The van der Waals surface area contributed by atoms with Crippen LogP contribution in [0.25, 0.3) is 0 Å². The molecule has 6 heteroatoms. The maximum atomic E-state index is 12.8. The van der Waals surface area contributed by atoms with Crippen molar-refractivity contribution >= 4 is 23.3 Å². The standard InChI is InChI=1S/C23H31N3O3/c1-29-20-11-18(5-6-19(20)26-7-3-2-4-21(26)27)24-22(28)25-23-12-15-8-16(13-23)10-17(9-15)14-23/h5-6,11,15-17H,2-4,7-10,12-14H2,1H3,(H2,24,25,28). The SMILES string of the molecule is COc1cc(NC(=O)NC23CC4CC(CC(C4)C2)C3)ccc1N1CCCCC1=O. The first kappa shape index (κ1) is 18.8. The summed E-state index contributed by atoms with van der Waals surface area (Å²) < 4.78 is 5.54. The quantitative estimate of drug-likeness (QED) is 0.796. The van der Waals surface area contributed by atoms with Crippen LogP contribution < -0.4 is 20.3 Å². The van der Waals surface area contributed by atoms with Gasteiger partial charge >= 0.3 is 6.03 Å². The van der Waals surface area contributed by atoms with Crippen molar-refractivity contribution in [3.05, 3.63) is 18.2 Å². The fraction of sp³-hybridized carbons (Fsp3) is 0.652. The molecule has 4 saturated carbocycles. The van der Waals surface area contributed by atoms with Gasteiger partial charge in [0, 0.05) is 30.3 Å². The predicted molar refractivity (Wildman–Crippen MR) is 112 cm³/mol. The highest BCUT2D eigenvalue weighted by molar-refractivity contribution is 5.96. The predicted octanol–water partition coefficient (Wildman–Crippen LogP) is 4.30. The number of hydrogen-bond acceptors (Lipinski definition) is 3. The summed E-state index contributed by atoms with van der Waals surface area (Å²) in [5.74, 6) is 3.14. The van der Waals surface area contributed by atoms with E-state index in [0.29, 0.717) is 24.4 Å². The van der Waals surface area contributed by atoms with E-state index in [0.717, 1.165) is 55.5 Å². The van der Waals surface area contributed by atoms with Crippen LogP contribution in [-0.4, -0.2) is 31.1 Å². The lowest BCUT2D eigenvalue weighted by Gasteiger charge is -2.56. The Labute approximate surface area is 172 Å². The zero-order valence-corrected chi connectivity index (χ0v) is 17.2. The number of benzene rings is 1.